The van der Waals surface area contributed by atoms with E-state index in [4.69, 9.17) is 9.47 Å². The van der Waals surface area contributed by atoms with E-state index < -0.39 is 21.2 Å². The highest BCUT2D eigenvalue weighted by atomic mass is 32.2. The summed E-state index contributed by atoms with van der Waals surface area (Å²) in [6.07, 6.45) is 6.10. The van der Waals surface area contributed by atoms with Crippen molar-refractivity contribution in [3.05, 3.63) is 65.7 Å². The molecule has 0 bridgehead atoms. The van der Waals surface area contributed by atoms with Crippen LogP contribution in [0.1, 0.15) is 64.5 Å². The normalized spacial score (nSPS) is 17.0. The van der Waals surface area contributed by atoms with Crippen LogP contribution in [0, 0.1) is 5.92 Å². The zero-order valence-electron chi connectivity index (χ0n) is 26.1. The van der Waals surface area contributed by atoms with Gasteiger partial charge in [-0.25, -0.2) is 17.9 Å². The van der Waals surface area contributed by atoms with Crippen LogP contribution in [0.5, 0.6) is 5.75 Å². The Hall–Kier alpha value is -3.77. The highest BCUT2D eigenvalue weighted by Crippen LogP contribution is 2.43. The molecular formula is C32H42N6O5S. The van der Waals surface area contributed by atoms with Crippen LogP contribution >= 0.6 is 0 Å². The van der Waals surface area contributed by atoms with Gasteiger partial charge in [-0.15, -0.1) is 10.2 Å². The third-order valence-electron chi connectivity index (χ3n) is 7.82. The Kier molecular flexibility index (Phi) is 9.12. The van der Waals surface area contributed by atoms with E-state index >= 15 is 0 Å². The number of carbonyl (C=O) groups is 1. The second-order valence-electron chi connectivity index (χ2n) is 12.8. The van der Waals surface area contributed by atoms with Gasteiger partial charge < -0.3 is 14.4 Å². The summed E-state index contributed by atoms with van der Waals surface area (Å²) in [6, 6.07) is 16.2. The second-order valence-corrected chi connectivity index (χ2v) is 14.7. The minimum absolute atomic E-state index is 0.210. The zero-order chi connectivity index (χ0) is 31.5. The monoisotopic (exact) mass is 622 g/mol. The molecule has 0 saturated carbocycles. The number of nitrogens with zero attached hydrogens (tertiary/aromatic N) is 5. The van der Waals surface area contributed by atoms with Crippen LogP contribution in [0.4, 0.5) is 4.79 Å². The van der Waals surface area contributed by atoms with Crippen LogP contribution < -0.4 is 9.46 Å². The van der Waals surface area contributed by atoms with Crippen molar-refractivity contribution in [2.45, 2.75) is 71.1 Å². The highest BCUT2D eigenvalue weighted by Gasteiger charge is 2.40. The van der Waals surface area contributed by atoms with Crippen molar-refractivity contribution in [2.24, 2.45) is 5.92 Å². The average Bonchev–Trinajstić information content (AvgIpc) is 3.44. The number of aryl methyl sites for hydroxylation is 1. The molecule has 2 aliphatic rings. The van der Waals surface area contributed by atoms with Crippen molar-refractivity contribution in [1.82, 2.24) is 29.8 Å². The largest absolute Gasteiger partial charge is 0.482 e. The fourth-order valence-corrected chi connectivity index (χ4v) is 6.06. The summed E-state index contributed by atoms with van der Waals surface area (Å²) in [6.45, 7) is 9.78. The van der Waals surface area contributed by atoms with E-state index in [1.165, 1.54) is 6.26 Å². The van der Waals surface area contributed by atoms with Gasteiger partial charge in [0.05, 0.1) is 12.8 Å². The highest BCUT2D eigenvalue weighted by molar-refractivity contribution is 7.88. The summed E-state index contributed by atoms with van der Waals surface area (Å²) in [5.41, 5.74) is 3.01. The van der Waals surface area contributed by atoms with Crippen LogP contribution in [-0.2, 0) is 21.3 Å². The third kappa shape index (κ3) is 8.03. The first-order valence-electron chi connectivity index (χ1n) is 15.1. The Morgan fingerprint density at radius 1 is 1.09 bits per heavy atom. The van der Waals surface area contributed by atoms with E-state index in [1.807, 2.05) is 58.0 Å². The molecule has 2 aliphatic heterocycles. The molecule has 1 amide bonds. The predicted molar refractivity (Wildman–Crippen MR) is 168 cm³/mol. The minimum Gasteiger partial charge on any atom is -0.482 e. The molecule has 11 nitrogen and oxygen atoms in total. The van der Waals surface area contributed by atoms with Crippen LogP contribution in [0.2, 0.25) is 0 Å². The van der Waals surface area contributed by atoms with Gasteiger partial charge in [0, 0.05) is 43.6 Å². The van der Waals surface area contributed by atoms with Crippen molar-refractivity contribution in [2.75, 3.05) is 25.9 Å². The average molecular weight is 623 g/mol. The van der Waals surface area contributed by atoms with E-state index in [2.05, 4.69) is 44.4 Å². The smallest absolute Gasteiger partial charge is 0.410 e. The molecule has 1 atom stereocenters. The number of benzene rings is 2. The van der Waals surface area contributed by atoms with E-state index in [9.17, 15) is 13.2 Å². The Labute approximate surface area is 259 Å². The lowest BCUT2D eigenvalue weighted by molar-refractivity contribution is -0.00116. The SMILES string of the molecule is CC(CCCn1nnc(-c2ccc(C3=CC4(CCN(C(=O)OC(C)(C)C)CC4)Oc4ccccc43)cc2)n1)CNS(C)(=O)=O. The first-order valence-corrected chi connectivity index (χ1v) is 17.0. The fourth-order valence-electron chi connectivity index (χ4n) is 5.48. The number of tetrazole rings is 1. The molecule has 1 spiro atoms. The van der Waals surface area contributed by atoms with Crippen LogP contribution in [0.15, 0.2) is 54.6 Å². The molecule has 5 rings (SSSR count). The van der Waals surface area contributed by atoms with Gasteiger partial charge in [-0.05, 0) is 68.0 Å². The third-order valence-corrected chi connectivity index (χ3v) is 8.51. The number of para-hydroxylation sites is 1. The van der Waals surface area contributed by atoms with Gasteiger partial charge in [0.25, 0.3) is 0 Å². The number of sulfonamides is 1. The number of nitrogens with one attached hydrogen (secondary N) is 1. The Morgan fingerprint density at radius 3 is 2.45 bits per heavy atom. The predicted octanol–water partition coefficient (Wildman–Crippen LogP) is 4.90. The van der Waals surface area contributed by atoms with Crippen molar-refractivity contribution >= 4 is 21.7 Å². The maximum atomic E-state index is 12.7. The maximum absolute atomic E-state index is 12.7. The summed E-state index contributed by atoms with van der Waals surface area (Å²) in [5, 5.41) is 13.0. The lowest BCUT2D eigenvalue weighted by atomic mass is 9.83. The molecule has 44 heavy (non-hydrogen) atoms. The Bertz CT molecular complexity index is 1600. The molecule has 2 aromatic carbocycles. The second kappa shape index (κ2) is 12.7. The number of carbonyl (C=O) groups excluding carboxylic acids is 1. The van der Waals surface area contributed by atoms with Crippen molar-refractivity contribution in [3.8, 4) is 17.1 Å². The number of piperidine rings is 1. The van der Waals surface area contributed by atoms with Crippen molar-refractivity contribution in [3.63, 3.8) is 0 Å². The summed E-state index contributed by atoms with van der Waals surface area (Å²) in [4.78, 5) is 16.0. The zero-order valence-corrected chi connectivity index (χ0v) is 26.9. The molecule has 1 unspecified atom stereocenters. The number of hydrogen-bond acceptors (Lipinski definition) is 8. The van der Waals surface area contributed by atoms with E-state index in [-0.39, 0.29) is 12.0 Å². The number of aromatic nitrogens is 4. The van der Waals surface area contributed by atoms with Gasteiger partial charge in [-0.1, -0.05) is 49.4 Å². The topological polar surface area (TPSA) is 129 Å². The minimum atomic E-state index is -3.18. The number of amides is 1. The van der Waals surface area contributed by atoms with E-state index in [0.29, 0.717) is 44.8 Å². The van der Waals surface area contributed by atoms with Crippen LogP contribution in [0.3, 0.4) is 0 Å². The molecule has 3 aromatic rings. The molecule has 0 aliphatic carbocycles. The van der Waals surface area contributed by atoms with Gasteiger partial charge in [0.15, 0.2) is 0 Å². The first-order chi connectivity index (χ1) is 20.8. The van der Waals surface area contributed by atoms with Crippen LogP contribution in [0.25, 0.3) is 17.0 Å². The molecule has 1 fully saturated rings. The molecule has 1 N–H and O–H groups in total. The van der Waals surface area contributed by atoms with Gasteiger partial charge >= 0.3 is 6.09 Å². The molecule has 1 saturated heterocycles. The summed E-state index contributed by atoms with van der Waals surface area (Å²) >= 11 is 0. The fraction of sp³-hybridized carbons (Fsp3) is 0.500. The maximum Gasteiger partial charge on any atom is 0.410 e. The molecule has 236 valence electrons. The molecule has 1 aromatic heterocycles. The molecule has 0 radical (unpaired) electrons. The van der Waals surface area contributed by atoms with Crippen LogP contribution in [-0.4, -0.2) is 76.7 Å². The number of likely N-dealkylation sites (tertiary alicyclic amines) is 1. The Morgan fingerprint density at radius 2 is 1.77 bits per heavy atom. The number of fused-ring (bicyclic) bond motifs is 1. The number of rotatable bonds is 9. The summed E-state index contributed by atoms with van der Waals surface area (Å²) in [5.74, 6) is 1.60. The van der Waals surface area contributed by atoms with Gasteiger partial charge in [0.2, 0.25) is 15.8 Å². The van der Waals surface area contributed by atoms with Crippen molar-refractivity contribution < 1.29 is 22.7 Å². The number of ether oxygens (including phenoxy) is 2. The van der Waals surface area contributed by atoms with Gasteiger partial charge in [-0.3, -0.25) is 0 Å². The molecular weight excluding hydrogens is 580 g/mol. The molecule has 3 heterocycles. The standard InChI is InChI=1S/C32H42N6O5S/c1-23(22-33-44(5,40)41)9-8-18-38-35-29(34-36-38)25-14-12-24(13-15-25)27-21-32(42-28-11-7-6-10-26(27)28)16-19-37(20-17-32)30(39)43-31(2,3)4/h6-7,10-15,21,23,33H,8-9,16-20,22H2,1-5H3. The Balaban J connectivity index is 1.26. The van der Waals surface area contributed by atoms with Gasteiger partial charge in [-0.2, -0.15) is 4.80 Å². The summed E-state index contributed by atoms with van der Waals surface area (Å²) < 4.78 is 37.3. The first kappa shape index (κ1) is 31.6. The van der Waals surface area contributed by atoms with E-state index in [1.54, 1.807) is 9.70 Å². The quantitative estimate of drug-likeness (QED) is 0.357. The van der Waals surface area contributed by atoms with E-state index in [0.717, 1.165) is 40.9 Å². The lowest BCUT2D eigenvalue weighted by Gasteiger charge is -2.43. The lowest BCUT2D eigenvalue weighted by Crippen LogP contribution is -2.50. The molecule has 12 heteroatoms. The van der Waals surface area contributed by atoms with Gasteiger partial charge in [0.1, 0.15) is 17.0 Å². The number of hydrogen-bond donors (Lipinski definition) is 1. The van der Waals surface area contributed by atoms with Crippen molar-refractivity contribution in [1.29, 1.82) is 0 Å². The summed E-state index contributed by atoms with van der Waals surface area (Å²) in [7, 11) is -3.18.